The second-order valence-electron chi connectivity index (χ2n) is 5.13. The van der Waals surface area contributed by atoms with E-state index in [0.29, 0.717) is 6.42 Å². The number of hydrogen-bond acceptors (Lipinski definition) is 3. The summed E-state index contributed by atoms with van der Waals surface area (Å²) in [7, 11) is 0.870. The smallest absolute Gasteiger partial charge is 0.194 e. The molecular weight excluding hydrogens is 246 g/mol. The Kier molecular flexibility index (Phi) is 5.43. The molecular formula is C13H21NOSSi. The van der Waals surface area contributed by atoms with E-state index in [1.54, 1.807) is 0 Å². The predicted octanol–water partition coefficient (Wildman–Crippen LogP) is 3.46. The minimum atomic E-state index is -1.25. The highest BCUT2D eigenvalue weighted by Crippen LogP contribution is 2.20. The Morgan fingerprint density at radius 2 is 1.82 bits per heavy atom. The summed E-state index contributed by atoms with van der Waals surface area (Å²) in [6.07, 6.45) is 0.625. The van der Waals surface area contributed by atoms with Gasteiger partial charge in [0.2, 0.25) is 0 Å². The summed E-state index contributed by atoms with van der Waals surface area (Å²) >= 11 is 1.35. The third-order valence-corrected chi connectivity index (χ3v) is 6.22. The summed E-state index contributed by atoms with van der Waals surface area (Å²) in [6, 6.07) is 9.84. The highest BCUT2D eigenvalue weighted by atomic mass is 32.2. The molecule has 0 aliphatic heterocycles. The molecule has 0 saturated carbocycles. The molecule has 0 radical (unpaired) electrons. The Hall–Kier alpha value is -0.583. The summed E-state index contributed by atoms with van der Waals surface area (Å²) in [5.41, 5.74) is 0. The van der Waals surface area contributed by atoms with E-state index in [4.69, 9.17) is 0 Å². The molecule has 1 aromatic rings. The van der Waals surface area contributed by atoms with Crippen LogP contribution in [0.25, 0.3) is 0 Å². The molecule has 94 valence electrons. The van der Waals surface area contributed by atoms with Crippen molar-refractivity contribution < 1.29 is 4.79 Å². The fraction of sp³-hybridized carbons (Fsp3) is 0.462. The number of hydrogen-bond donors (Lipinski definition) is 0. The lowest BCUT2D eigenvalue weighted by atomic mass is 10.4. The number of carbonyl (C=O) groups excluding carboxylic acids is 1. The quantitative estimate of drug-likeness (QED) is 0.602. The zero-order valence-electron chi connectivity index (χ0n) is 11.1. The molecule has 0 saturated heterocycles. The van der Waals surface area contributed by atoms with E-state index in [1.165, 1.54) is 11.8 Å². The van der Waals surface area contributed by atoms with Crippen LogP contribution in [0, 0.1) is 0 Å². The van der Waals surface area contributed by atoms with E-state index in [0.717, 1.165) is 11.4 Å². The molecule has 0 N–H and O–H groups in total. The van der Waals surface area contributed by atoms with Crippen LogP contribution in [0.3, 0.4) is 0 Å². The maximum Gasteiger partial charge on any atom is 0.194 e. The van der Waals surface area contributed by atoms with Crippen molar-refractivity contribution in [2.24, 2.45) is 0 Å². The number of thioether (sulfide) groups is 1. The Bertz CT molecular complexity index is 361. The SMILES string of the molecule is CN(CCC(=O)Sc1ccccc1)[Si](C)(C)C. The van der Waals surface area contributed by atoms with Gasteiger partial charge in [0.25, 0.3) is 0 Å². The Labute approximate surface area is 109 Å². The third-order valence-electron chi connectivity index (χ3n) is 2.77. The molecule has 0 atom stereocenters. The Morgan fingerprint density at radius 1 is 1.24 bits per heavy atom. The van der Waals surface area contributed by atoms with Crippen LogP contribution in [0.2, 0.25) is 19.6 Å². The van der Waals surface area contributed by atoms with E-state index >= 15 is 0 Å². The molecule has 0 aliphatic carbocycles. The lowest BCUT2D eigenvalue weighted by Gasteiger charge is -2.29. The summed E-state index contributed by atoms with van der Waals surface area (Å²) in [4.78, 5) is 12.8. The number of nitrogens with zero attached hydrogens (tertiary/aromatic N) is 1. The first-order chi connectivity index (χ1) is 7.89. The van der Waals surface area contributed by atoms with E-state index in [2.05, 4.69) is 31.3 Å². The van der Waals surface area contributed by atoms with Crippen molar-refractivity contribution in [3.63, 3.8) is 0 Å². The van der Waals surface area contributed by atoms with Crippen LogP contribution in [0.5, 0.6) is 0 Å². The molecule has 4 heteroatoms. The molecule has 0 aromatic heterocycles. The molecule has 0 spiro atoms. The minimum absolute atomic E-state index is 0.251. The Balaban J connectivity index is 2.36. The topological polar surface area (TPSA) is 20.3 Å². The average molecular weight is 267 g/mol. The van der Waals surface area contributed by atoms with Gasteiger partial charge < -0.3 is 4.57 Å². The van der Waals surface area contributed by atoms with Crippen molar-refractivity contribution in [1.82, 2.24) is 4.57 Å². The van der Waals surface area contributed by atoms with Gasteiger partial charge in [0.1, 0.15) is 8.24 Å². The molecule has 0 fully saturated rings. The molecule has 0 bridgehead atoms. The molecule has 0 heterocycles. The van der Waals surface area contributed by atoms with Gasteiger partial charge in [0, 0.05) is 11.3 Å². The van der Waals surface area contributed by atoms with Crippen LogP contribution in [0.15, 0.2) is 35.2 Å². The average Bonchev–Trinajstić information content (AvgIpc) is 2.26. The van der Waals surface area contributed by atoms with Gasteiger partial charge in [-0.3, -0.25) is 4.79 Å². The molecule has 1 aromatic carbocycles. The lowest BCUT2D eigenvalue weighted by molar-refractivity contribution is -0.111. The predicted molar refractivity (Wildman–Crippen MR) is 77.9 cm³/mol. The van der Waals surface area contributed by atoms with Crippen molar-refractivity contribution in [2.45, 2.75) is 31.0 Å². The van der Waals surface area contributed by atoms with Crippen LogP contribution >= 0.6 is 11.8 Å². The monoisotopic (exact) mass is 267 g/mol. The van der Waals surface area contributed by atoms with Crippen LogP contribution in [-0.4, -0.2) is 31.5 Å². The molecule has 0 aliphatic rings. The maximum atomic E-state index is 11.8. The van der Waals surface area contributed by atoms with Crippen molar-refractivity contribution in [3.05, 3.63) is 30.3 Å². The highest BCUT2D eigenvalue weighted by Gasteiger charge is 2.20. The van der Waals surface area contributed by atoms with Crippen LogP contribution < -0.4 is 0 Å². The van der Waals surface area contributed by atoms with E-state index in [-0.39, 0.29) is 5.12 Å². The Morgan fingerprint density at radius 3 is 2.35 bits per heavy atom. The zero-order chi connectivity index (χ0) is 12.9. The first kappa shape index (κ1) is 14.5. The zero-order valence-corrected chi connectivity index (χ0v) is 12.9. The van der Waals surface area contributed by atoms with Crippen LogP contribution in [0.1, 0.15) is 6.42 Å². The van der Waals surface area contributed by atoms with Crippen molar-refractivity contribution in [1.29, 1.82) is 0 Å². The van der Waals surface area contributed by atoms with Gasteiger partial charge in [-0.05, 0) is 25.7 Å². The summed E-state index contributed by atoms with van der Waals surface area (Å²) < 4.78 is 2.34. The summed E-state index contributed by atoms with van der Waals surface area (Å²) in [5, 5.41) is 0.251. The van der Waals surface area contributed by atoms with Gasteiger partial charge in [0.15, 0.2) is 5.12 Å². The van der Waals surface area contributed by atoms with Crippen LogP contribution in [-0.2, 0) is 4.79 Å². The standard InChI is InChI=1S/C13H21NOSSi/c1-14(17(2,3)4)11-10-13(15)16-12-8-6-5-7-9-12/h5-9H,10-11H2,1-4H3. The van der Waals surface area contributed by atoms with Gasteiger partial charge in [-0.25, -0.2) is 0 Å². The van der Waals surface area contributed by atoms with E-state index < -0.39 is 8.24 Å². The normalized spacial score (nSPS) is 11.8. The summed E-state index contributed by atoms with van der Waals surface area (Å²) in [5.74, 6) is 0. The van der Waals surface area contributed by atoms with Gasteiger partial charge in [-0.15, -0.1) is 0 Å². The third kappa shape index (κ3) is 5.52. The molecule has 0 amide bonds. The van der Waals surface area contributed by atoms with E-state index in [1.807, 2.05) is 30.3 Å². The maximum absolute atomic E-state index is 11.8. The second kappa shape index (κ2) is 6.38. The second-order valence-corrected chi connectivity index (χ2v) is 11.4. The first-order valence-electron chi connectivity index (χ1n) is 5.86. The minimum Gasteiger partial charge on any atom is -0.326 e. The molecule has 0 unspecified atom stereocenters. The van der Waals surface area contributed by atoms with Gasteiger partial charge >= 0.3 is 0 Å². The summed E-state index contributed by atoms with van der Waals surface area (Å²) in [6.45, 7) is 7.75. The van der Waals surface area contributed by atoms with Crippen LogP contribution in [0.4, 0.5) is 0 Å². The highest BCUT2D eigenvalue weighted by molar-refractivity contribution is 8.13. The lowest BCUT2D eigenvalue weighted by Crippen LogP contribution is -2.43. The van der Waals surface area contributed by atoms with Crippen molar-refractivity contribution >= 4 is 25.1 Å². The van der Waals surface area contributed by atoms with Crippen molar-refractivity contribution in [2.75, 3.05) is 13.6 Å². The number of carbonyl (C=O) groups is 1. The fourth-order valence-corrected chi connectivity index (χ4v) is 2.80. The number of benzene rings is 1. The van der Waals surface area contributed by atoms with Gasteiger partial charge in [-0.1, -0.05) is 49.6 Å². The molecule has 2 nitrogen and oxygen atoms in total. The van der Waals surface area contributed by atoms with E-state index in [9.17, 15) is 4.79 Å². The molecule has 1 rings (SSSR count). The molecule has 17 heavy (non-hydrogen) atoms. The van der Waals surface area contributed by atoms with Gasteiger partial charge in [0.05, 0.1) is 0 Å². The largest absolute Gasteiger partial charge is 0.326 e. The van der Waals surface area contributed by atoms with Crippen molar-refractivity contribution in [3.8, 4) is 0 Å². The first-order valence-corrected chi connectivity index (χ1v) is 10.1. The number of rotatable bonds is 5. The van der Waals surface area contributed by atoms with Gasteiger partial charge in [-0.2, -0.15) is 0 Å². The fourth-order valence-electron chi connectivity index (χ4n) is 1.27.